The molecule has 0 saturated heterocycles. The standard InChI is InChI=1S/C27H33F3N4O/c1-4-6-7-8-11-20-12-9-10-13-24(20)33-25-23(27(28,29)30)18-31-26(34-25)32-21-14-16-22(17-15-21)35-19(3)5-2/h9-10,12-19H,4-8,11H2,1-3H3,(H2,31,32,33,34). The number of para-hydroxylation sites is 1. The first-order valence-corrected chi connectivity index (χ1v) is 12.1. The summed E-state index contributed by atoms with van der Waals surface area (Å²) in [6.45, 7) is 6.17. The van der Waals surface area contributed by atoms with E-state index in [1.807, 2.05) is 26.0 Å². The van der Waals surface area contributed by atoms with Crippen LogP contribution in [-0.2, 0) is 12.6 Å². The monoisotopic (exact) mass is 486 g/mol. The zero-order valence-electron chi connectivity index (χ0n) is 20.5. The molecule has 0 amide bonds. The Kier molecular flexibility index (Phi) is 9.34. The molecule has 3 aromatic rings. The lowest BCUT2D eigenvalue weighted by atomic mass is 10.0. The molecule has 35 heavy (non-hydrogen) atoms. The maximum Gasteiger partial charge on any atom is 0.421 e. The number of hydrogen-bond acceptors (Lipinski definition) is 5. The van der Waals surface area contributed by atoms with Gasteiger partial charge in [0.25, 0.3) is 0 Å². The number of nitrogens with one attached hydrogen (secondary N) is 2. The molecule has 5 nitrogen and oxygen atoms in total. The molecule has 0 radical (unpaired) electrons. The molecule has 1 atom stereocenters. The molecule has 0 fully saturated rings. The van der Waals surface area contributed by atoms with Gasteiger partial charge in [-0.25, -0.2) is 4.98 Å². The van der Waals surface area contributed by atoms with E-state index in [0.29, 0.717) is 11.4 Å². The summed E-state index contributed by atoms with van der Waals surface area (Å²) in [6, 6.07) is 14.6. The van der Waals surface area contributed by atoms with Crippen molar-refractivity contribution in [1.82, 2.24) is 9.97 Å². The van der Waals surface area contributed by atoms with Crippen LogP contribution in [0.4, 0.5) is 36.3 Å². The van der Waals surface area contributed by atoms with Gasteiger partial charge in [0.1, 0.15) is 17.1 Å². The van der Waals surface area contributed by atoms with Crippen LogP contribution >= 0.6 is 0 Å². The predicted octanol–water partition coefficient (Wildman–Crippen LogP) is 8.28. The van der Waals surface area contributed by atoms with Crippen LogP contribution in [0, 0.1) is 0 Å². The second kappa shape index (κ2) is 12.4. The maximum absolute atomic E-state index is 13.7. The summed E-state index contributed by atoms with van der Waals surface area (Å²) < 4.78 is 46.9. The summed E-state index contributed by atoms with van der Waals surface area (Å²) in [7, 11) is 0. The number of anilines is 4. The lowest BCUT2D eigenvalue weighted by molar-refractivity contribution is -0.137. The van der Waals surface area contributed by atoms with E-state index >= 15 is 0 Å². The topological polar surface area (TPSA) is 59.1 Å². The fourth-order valence-corrected chi connectivity index (χ4v) is 3.54. The van der Waals surface area contributed by atoms with Gasteiger partial charge >= 0.3 is 6.18 Å². The number of halogens is 3. The van der Waals surface area contributed by atoms with Crippen LogP contribution < -0.4 is 15.4 Å². The van der Waals surface area contributed by atoms with E-state index in [9.17, 15) is 13.2 Å². The van der Waals surface area contributed by atoms with E-state index in [1.54, 1.807) is 36.4 Å². The van der Waals surface area contributed by atoms with Crippen LogP contribution in [0.15, 0.2) is 54.7 Å². The molecule has 0 aliphatic heterocycles. The first kappa shape index (κ1) is 26.3. The number of nitrogens with zero attached hydrogens (tertiary/aromatic N) is 2. The Morgan fingerprint density at radius 3 is 2.37 bits per heavy atom. The largest absolute Gasteiger partial charge is 0.491 e. The second-order valence-corrected chi connectivity index (χ2v) is 8.53. The molecule has 1 heterocycles. The molecule has 188 valence electrons. The number of ether oxygens (including phenoxy) is 1. The van der Waals surface area contributed by atoms with Crippen LogP contribution in [0.5, 0.6) is 5.75 Å². The van der Waals surface area contributed by atoms with Crippen molar-refractivity contribution in [3.05, 3.63) is 65.9 Å². The van der Waals surface area contributed by atoms with E-state index in [2.05, 4.69) is 27.5 Å². The molecule has 2 aromatic carbocycles. The van der Waals surface area contributed by atoms with Crippen molar-refractivity contribution in [2.75, 3.05) is 10.6 Å². The van der Waals surface area contributed by atoms with Crippen molar-refractivity contribution in [2.24, 2.45) is 0 Å². The summed E-state index contributed by atoms with van der Waals surface area (Å²) >= 11 is 0. The minimum Gasteiger partial charge on any atom is -0.491 e. The zero-order chi connectivity index (χ0) is 25.3. The van der Waals surface area contributed by atoms with Crippen LogP contribution in [0.3, 0.4) is 0 Å². The van der Waals surface area contributed by atoms with Crippen molar-refractivity contribution >= 4 is 23.1 Å². The molecule has 3 rings (SSSR count). The minimum atomic E-state index is -4.59. The van der Waals surface area contributed by atoms with Gasteiger partial charge < -0.3 is 15.4 Å². The Hall–Kier alpha value is -3.29. The normalized spacial score (nSPS) is 12.3. The van der Waals surface area contributed by atoms with Crippen LogP contribution in [-0.4, -0.2) is 16.1 Å². The number of rotatable bonds is 12. The smallest absolute Gasteiger partial charge is 0.421 e. The highest BCUT2D eigenvalue weighted by Crippen LogP contribution is 2.36. The molecule has 1 unspecified atom stereocenters. The Balaban J connectivity index is 1.81. The Morgan fingerprint density at radius 2 is 1.69 bits per heavy atom. The van der Waals surface area contributed by atoms with Gasteiger partial charge in [-0.05, 0) is 62.1 Å². The average Bonchev–Trinajstić information content (AvgIpc) is 2.83. The van der Waals surface area contributed by atoms with Crippen molar-refractivity contribution in [3.8, 4) is 5.75 Å². The highest BCUT2D eigenvalue weighted by Gasteiger charge is 2.35. The SMILES string of the molecule is CCCCCCc1ccccc1Nc1nc(Nc2ccc(OC(C)CC)cc2)ncc1C(F)(F)F. The number of unbranched alkanes of at least 4 members (excludes halogenated alkanes) is 3. The van der Waals surface area contributed by atoms with E-state index in [0.717, 1.165) is 56.0 Å². The molecule has 2 N–H and O–H groups in total. The van der Waals surface area contributed by atoms with Crippen LogP contribution in [0.1, 0.15) is 64.0 Å². The third-order valence-corrected chi connectivity index (χ3v) is 5.69. The van der Waals surface area contributed by atoms with E-state index in [4.69, 9.17) is 4.74 Å². The molecule has 0 saturated carbocycles. The fourth-order valence-electron chi connectivity index (χ4n) is 3.54. The summed E-state index contributed by atoms with van der Waals surface area (Å²) in [5.74, 6) is 0.500. The predicted molar refractivity (Wildman–Crippen MR) is 135 cm³/mol. The van der Waals surface area contributed by atoms with Gasteiger partial charge in [-0.15, -0.1) is 0 Å². The van der Waals surface area contributed by atoms with Crippen LogP contribution in [0.25, 0.3) is 0 Å². The van der Waals surface area contributed by atoms with Gasteiger partial charge in [0.15, 0.2) is 0 Å². The second-order valence-electron chi connectivity index (χ2n) is 8.53. The first-order chi connectivity index (χ1) is 16.8. The van der Waals surface area contributed by atoms with Crippen molar-refractivity contribution in [1.29, 1.82) is 0 Å². The molecule has 0 spiro atoms. The highest BCUT2D eigenvalue weighted by atomic mass is 19.4. The average molecular weight is 487 g/mol. The summed E-state index contributed by atoms with van der Waals surface area (Å²) in [4.78, 5) is 8.09. The lowest BCUT2D eigenvalue weighted by Crippen LogP contribution is -2.13. The van der Waals surface area contributed by atoms with E-state index < -0.39 is 11.7 Å². The third-order valence-electron chi connectivity index (χ3n) is 5.69. The quantitative estimate of drug-likeness (QED) is 0.252. The number of aromatic nitrogens is 2. The molecule has 1 aromatic heterocycles. The van der Waals surface area contributed by atoms with Crippen molar-refractivity contribution in [2.45, 2.75) is 71.6 Å². The molecule has 0 aliphatic rings. The van der Waals surface area contributed by atoms with Gasteiger partial charge in [-0.3, -0.25) is 0 Å². The van der Waals surface area contributed by atoms with E-state index in [1.165, 1.54) is 0 Å². The van der Waals surface area contributed by atoms with Gasteiger partial charge in [-0.2, -0.15) is 18.2 Å². The third kappa shape index (κ3) is 7.87. The van der Waals surface area contributed by atoms with Gasteiger partial charge in [0, 0.05) is 17.6 Å². The van der Waals surface area contributed by atoms with Gasteiger partial charge in [-0.1, -0.05) is 51.3 Å². The molecular formula is C27H33F3N4O. The summed E-state index contributed by atoms with van der Waals surface area (Å²) in [5, 5.41) is 5.90. The van der Waals surface area contributed by atoms with Crippen molar-refractivity contribution in [3.63, 3.8) is 0 Å². The van der Waals surface area contributed by atoms with Crippen LogP contribution in [0.2, 0.25) is 0 Å². The van der Waals surface area contributed by atoms with E-state index in [-0.39, 0.29) is 17.9 Å². The molecule has 8 heteroatoms. The maximum atomic E-state index is 13.7. The van der Waals surface area contributed by atoms with Crippen molar-refractivity contribution < 1.29 is 17.9 Å². The minimum absolute atomic E-state index is 0.0662. The Morgan fingerprint density at radius 1 is 0.943 bits per heavy atom. The molecule has 0 bridgehead atoms. The Labute approximate surface area is 205 Å². The number of benzene rings is 2. The number of hydrogen-bond donors (Lipinski definition) is 2. The summed E-state index contributed by atoms with van der Waals surface area (Å²) in [6.07, 6.45) is 2.30. The number of alkyl halides is 3. The highest BCUT2D eigenvalue weighted by molar-refractivity contribution is 5.65. The molecular weight excluding hydrogens is 453 g/mol. The van der Waals surface area contributed by atoms with Gasteiger partial charge in [0.05, 0.1) is 6.10 Å². The first-order valence-electron chi connectivity index (χ1n) is 12.1. The zero-order valence-corrected chi connectivity index (χ0v) is 20.5. The van der Waals surface area contributed by atoms with Gasteiger partial charge in [0.2, 0.25) is 5.95 Å². The Bertz CT molecular complexity index is 1070. The molecule has 0 aliphatic carbocycles. The lowest BCUT2D eigenvalue weighted by Gasteiger charge is -2.17. The summed E-state index contributed by atoms with van der Waals surface area (Å²) in [5.41, 5.74) is 1.30. The fraction of sp³-hybridized carbons (Fsp3) is 0.407. The number of aryl methyl sites for hydroxylation is 1.